The summed E-state index contributed by atoms with van der Waals surface area (Å²) < 4.78 is 30.5. The standard InChI is InChI=1S/C28H27ClFN5O4/c1-15-5-6-19-26(32-14-35(19)21-4-2-3-9-38-21)22(15)23-18(29)10-17-25(24(23)30)31-11-20-27(17)34-8-7-33(28(36)37)12-16(34)13-39-20/h5-6,10-11,14,16,21H,2-4,7-9,12-13H2,1H3,(H,36,37)/t16-,21?/m1/s1. The van der Waals surface area contributed by atoms with Crippen LogP contribution in [0.5, 0.6) is 5.75 Å². The van der Waals surface area contributed by atoms with Crippen LogP contribution >= 0.6 is 11.6 Å². The van der Waals surface area contributed by atoms with E-state index in [-0.39, 0.29) is 28.4 Å². The van der Waals surface area contributed by atoms with Crippen LogP contribution in [0.25, 0.3) is 33.1 Å². The molecule has 2 saturated heterocycles. The fraction of sp³-hybridized carbons (Fsp3) is 0.393. The summed E-state index contributed by atoms with van der Waals surface area (Å²) in [6.45, 7) is 4.07. The molecule has 7 rings (SSSR count). The van der Waals surface area contributed by atoms with Gasteiger partial charge in [-0.2, -0.15) is 0 Å². The van der Waals surface area contributed by atoms with Crippen molar-refractivity contribution in [1.29, 1.82) is 0 Å². The van der Waals surface area contributed by atoms with Crippen LogP contribution in [-0.2, 0) is 4.74 Å². The van der Waals surface area contributed by atoms with Crippen LogP contribution < -0.4 is 9.64 Å². The molecular weight excluding hydrogens is 525 g/mol. The van der Waals surface area contributed by atoms with Crippen molar-refractivity contribution in [2.24, 2.45) is 0 Å². The Morgan fingerprint density at radius 3 is 2.85 bits per heavy atom. The lowest BCUT2D eigenvalue weighted by molar-refractivity contribution is -0.0295. The smallest absolute Gasteiger partial charge is 0.407 e. The second-order valence-corrected chi connectivity index (χ2v) is 10.8. The Bertz CT molecular complexity index is 1640. The molecule has 0 aliphatic carbocycles. The topological polar surface area (TPSA) is 93.0 Å². The molecule has 0 spiro atoms. The maximum atomic E-state index is 16.5. The fourth-order valence-electron chi connectivity index (χ4n) is 6.21. The number of hydrogen-bond acceptors (Lipinski definition) is 6. The number of imidazole rings is 1. The fourth-order valence-corrected chi connectivity index (χ4v) is 6.49. The number of aromatic nitrogens is 3. The SMILES string of the molecule is Cc1ccc2c(ncn2C2CCCCO2)c1-c1c(Cl)cc2c3c(cnc2c1F)OC[C@H]1CN(C(=O)O)CCN31. The van der Waals surface area contributed by atoms with Crippen LogP contribution in [0.3, 0.4) is 0 Å². The number of ether oxygens (including phenoxy) is 2. The van der Waals surface area contributed by atoms with Gasteiger partial charge < -0.3 is 28.9 Å². The van der Waals surface area contributed by atoms with Gasteiger partial charge in [-0.05, 0) is 43.9 Å². The first-order valence-corrected chi connectivity index (χ1v) is 13.6. The number of halogens is 2. The van der Waals surface area contributed by atoms with Crippen molar-refractivity contribution in [3.8, 4) is 16.9 Å². The van der Waals surface area contributed by atoms with Gasteiger partial charge in [-0.1, -0.05) is 17.7 Å². The Hall–Kier alpha value is -3.63. The van der Waals surface area contributed by atoms with E-state index < -0.39 is 11.9 Å². The molecule has 11 heteroatoms. The molecule has 4 aromatic rings. The van der Waals surface area contributed by atoms with Crippen molar-refractivity contribution < 1.29 is 23.8 Å². The summed E-state index contributed by atoms with van der Waals surface area (Å²) in [7, 11) is 0. The van der Waals surface area contributed by atoms with E-state index in [0.717, 1.165) is 30.3 Å². The minimum Gasteiger partial charge on any atom is -0.488 e. The molecule has 0 bridgehead atoms. The van der Waals surface area contributed by atoms with Crippen molar-refractivity contribution in [1.82, 2.24) is 19.4 Å². The van der Waals surface area contributed by atoms with E-state index in [0.29, 0.717) is 60.8 Å². The van der Waals surface area contributed by atoms with Crippen molar-refractivity contribution in [2.75, 3.05) is 37.7 Å². The number of amides is 1. The van der Waals surface area contributed by atoms with Gasteiger partial charge in [0.2, 0.25) is 0 Å². The van der Waals surface area contributed by atoms with E-state index in [9.17, 15) is 9.90 Å². The first-order chi connectivity index (χ1) is 18.9. The highest BCUT2D eigenvalue weighted by molar-refractivity contribution is 6.35. The minimum atomic E-state index is -0.958. The van der Waals surface area contributed by atoms with Gasteiger partial charge in [-0.25, -0.2) is 19.2 Å². The summed E-state index contributed by atoms with van der Waals surface area (Å²) >= 11 is 6.88. The summed E-state index contributed by atoms with van der Waals surface area (Å²) in [6.07, 6.45) is 5.28. The lowest BCUT2D eigenvalue weighted by atomic mass is 9.95. The number of piperazine rings is 1. The Morgan fingerprint density at radius 1 is 1.18 bits per heavy atom. The number of hydrogen-bond donors (Lipinski definition) is 1. The molecular formula is C28H27ClFN5O4. The van der Waals surface area contributed by atoms with Crippen LogP contribution in [-0.4, -0.2) is 69.5 Å². The van der Waals surface area contributed by atoms with E-state index in [4.69, 9.17) is 26.1 Å². The van der Waals surface area contributed by atoms with Crippen LogP contribution in [0, 0.1) is 12.7 Å². The Kier molecular flexibility index (Phi) is 5.78. The molecule has 2 fully saturated rings. The first kappa shape index (κ1) is 24.4. The number of carboxylic acid groups (broad SMARTS) is 1. The third-order valence-electron chi connectivity index (χ3n) is 8.13. The maximum Gasteiger partial charge on any atom is 0.407 e. The molecule has 1 amide bonds. The third-order valence-corrected chi connectivity index (χ3v) is 8.43. The summed E-state index contributed by atoms with van der Waals surface area (Å²) in [6, 6.07) is 5.51. The minimum absolute atomic E-state index is 0.0982. The quantitative estimate of drug-likeness (QED) is 0.346. The average molecular weight is 552 g/mol. The van der Waals surface area contributed by atoms with Crippen LogP contribution in [0.2, 0.25) is 5.02 Å². The Balaban J connectivity index is 1.37. The summed E-state index contributed by atoms with van der Waals surface area (Å²) in [5, 5.41) is 10.2. The van der Waals surface area contributed by atoms with Crippen molar-refractivity contribution in [3.63, 3.8) is 0 Å². The van der Waals surface area contributed by atoms with E-state index in [1.165, 1.54) is 4.90 Å². The van der Waals surface area contributed by atoms with Gasteiger partial charge >= 0.3 is 6.09 Å². The van der Waals surface area contributed by atoms with Crippen molar-refractivity contribution in [3.05, 3.63) is 47.1 Å². The van der Waals surface area contributed by atoms with Crippen LogP contribution in [0.15, 0.2) is 30.7 Å². The van der Waals surface area contributed by atoms with Gasteiger partial charge in [-0.3, -0.25) is 0 Å². The highest BCUT2D eigenvalue weighted by Gasteiger charge is 2.37. The lowest BCUT2D eigenvalue weighted by Crippen LogP contribution is -2.58. The van der Waals surface area contributed by atoms with E-state index in [1.807, 2.05) is 23.6 Å². The zero-order valence-electron chi connectivity index (χ0n) is 21.4. The van der Waals surface area contributed by atoms with Gasteiger partial charge in [0.25, 0.3) is 0 Å². The lowest BCUT2D eigenvalue weighted by Gasteiger charge is -2.45. The predicted molar refractivity (Wildman–Crippen MR) is 145 cm³/mol. The third kappa shape index (κ3) is 3.80. The van der Waals surface area contributed by atoms with Gasteiger partial charge in [0.05, 0.1) is 40.3 Å². The van der Waals surface area contributed by atoms with Crippen molar-refractivity contribution in [2.45, 2.75) is 38.5 Å². The number of aryl methyl sites for hydroxylation is 1. The second-order valence-electron chi connectivity index (χ2n) is 10.4. The molecule has 1 unspecified atom stereocenters. The van der Waals surface area contributed by atoms with Gasteiger partial charge in [0, 0.05) is 42.8 Å². The maximum absolute atomic E-state index is 16.5. The molecule has 0 radical (unpaired) electrons. The molecule has 9 nitrogen and oxygen atoms in total. The largest absolute Gasteiger partial charge is 0.488 e. The Morgan fingerprint density at radius 2 is 2.05 bits per heavy atom. The molecule has 5 heterocycles. The number of benzene rings is 2. The number of fused-ring (bicyclic) bond motifs is 6. The zero-order valence-corrected chi connectivity index (χ0v) is 22.1. The molecule has 1 N–H and O–H groups in total. The highest BCUT2D eigenvalue weighted by Crippen LogP contribution is 2.46. The molecule has 2 aromatic carbocycles. The average Bonchev–Trinajstić information content (AvgIpc) is 3.38. The monoisotopic (exact) mass is 551 g/mol. The highest BCUT2D eigenvalue weighted by atomic mass is 35.5. The van der Waals surface area contributed by atoms with E-state index in [2.05, 4.69) is 9.88 Å². The molecule has 39 heavy (non-hydrogen) atoms. The van der Waals surface area contributed by atoms with E-state index >= 15 is 4.39 Å². The van der Waals surface area contributed by atoms with Crippen molar-refractivity contribution >= 4 is 45.3 Å². The molecule has 3 aliphatic heterocycles. The summed E-state index contributed by atoms with van der Waals surface area (Å²) in [5.74, 6) is 0.0147. The summed E-state index contributed by atoms with van der Waals surface area (Å²) in [4.78, 5) is 24.2. The van der Waals surface area contributed by atoms with Gasteiger partial charge in [0.15, 0.2) is 11.6 Å². The molecule has 2 aromatic heterocycles. The number of rotatable bonds is 2. The number of carbonyl (C=O) groups is 1. The normalized spacial score (nSPS) is 21.1. The zero-order chi connectivity index (χ0) is 26.8. The molecule has 2 atom stereocenters. The van der Waals surface area contributed by atoms with Gasteiger partial charge in [0.1, 0.15) is 18.4 Å². The number of anilines is 1. The Labute approximate surface area is 228 Å². The second kappa shape index (κ2) is 9.24. The number of nitrogens with zero attached hydrogens (tertiary/aromatic N) is 5. The molecule has 0 saturated carbocycles. The molecule has 202 valence electrons. The van der Waals surface area contributed by atoms with Gasteiger partial charge in [-0.15, -0.1) is 0 Å². The van der Waals surface area contributed by atoms with Crippen LogP contribution in [0.1, 0.15) is 31.1 Å². The molecule has 3 aliphatic rings. The number of pyridine rings is 1. The first-order valence-electron chi connectivity index (χ1n) is 13.2. The summed E-state index contributed by atoms with van der Waals surface area (Å²) in [5.41, 5.74) is 4.16. The predicted octanol–water partition coefficient (Wildman–Crippen LogP) is 5.61. The van der Waals surface area contributed by atoms with Crippen LogP contribution in [0.4, 0.5) is 14.9 Å². The van der Waals surface area contributed by atoms with E-state index in [1.54, 1.807) is 18.6 Å².